The lowest BCUT2D eigenvalue weighted by Gasteiger charge is -2.35. The molecule has 7 rings (SSSR count). The van der Waals surface area contributed by atoms with Crippen LogP contribution in [0, 0.1) is 0 Å². The topological polar surface area (TPSA) is 98.4 Å². The Morgan fingerprint density at radius 1 is 0.891 bits per heavy atom. The molecule has 2 amide bonds. The van der Waals surface area contributed by atoms with Gasteiger partial charge in [0.05, 0.1) is 16.4 Å². The van der Waals surface area contributed by atoms with E-state index in [-0.39, 0.29) is 22.8 Å². The maximum atomic E-state index is 14.0. The van der Waals surface area contributed by atoms with Crippen LogP contribution in [0.2, 0.25) is 0 Å². The molecule has 0 radical (unpaired) electrons. The number of carbonyl (C=O) groups excluding carboxylic acids is 2. The van der Waals surface area contributed by atoms with Gasteiger partial charge in [-0.1, -0.05) is 18.2 Å². The summed E-state index contributed by atoms with van der Waals surface area (Å²) in [5.41, 5.74) is 4.29. The van der Waals surface area contributed by atoms with Crippen molar-refractivity contribution in [3.8, 4) is 0 Å². The van der Waals surface area contributed by atoms with Gasteiger partial charge >= 0.3 is 0 Å². The SMILES string of the molecule is CN(C)c1cccc(C(=O)N2CCN(c3ccc4c(=O)c(C(=O)NCCN5CCCC5)c5n(C)c6ccccc6n5c4n3)CC2)c1. The van der Waals surface area contributed by atoms with Crippen LogP contribution in [0.5, 0.6) is 0 Å². The Labute approximate surface area is 267 Å². The zero-order chi connectivity index (χ0) is 31.9. The maximum Gasteiger partial charge on any atom is 0.259 e. The number of rotatable bonds is 7. The first-order chi connectivity index (χ1) is 22.3. The van der Waals surface area contributed by atoms with Gasteiger partial charge in [0.1, 0.15) is 17.0 Å². The second-order valence-corrected chi connectivity index (χ2v) is 12.5. The van der Waals surface area contributed by atoms with E-state index in [1.807, 2.05) is 94.5 Å². The van der Waals surface area contributed by atoms with Crippen molar-refractivity contribution in [2.24, 2.45) is 7.05 Å². The molecule has 0 unspecified atom stereocenters. The van der Waals surface area contributed by atoms with Gasteiger partial charge in [-0.2, -0.15) is 0 Å². The monoisotopic (exact) mass is 620 g/mol. The number of likely N-dealkylation sites (tertiary alicyclic amines) is 1. The molecule has 1 N–H and O–H groups in total. The molecule has 2 aliphatic rings. The highest BCUT2D eigenvalue weighted by Gasteiger charge is 2.27. The zero-order valence-corrected chi connectivity index (χ0v) is 26.7. The van der Waals surface area contributed by atoms with Gasteiger partial charge in [0.25, 0.3) is 11.8 Å². The summed E-state index contributed by atoms with van der Waals surface area (Å²) in [4.78, 5) is 54.4. The number of aryl methyl sites for hydroxylation is 1. The molecule has 0 spiro atoms. The molecule has 2 saturated heterocycles. The molecular weight excluding hydrogens is 580 g/mol. The number of aromatic nitrogens is 3. The smallest absolute Gasteiger partial charge is 0.259 e. The molecule has 0 aliphatic carbocycles. The Bertz CT molecular complexity index is 2020. The van der Waals surface area contributed by atoms with E-state index in [1.54, 1.807) is 6.07 Å². The molecular formula is C35H40N8O3. The predicted molar refractivity (Wildman–Crippen MR) is 182 cm³/mol. The summed E-state index contributed by atoms with van der Waals surface area (Å²) in [5.74, 6) is 0.388. The van der Waals surface area contributed by atoms with E-state index in [0.29, 0.717) is 55.0 Å². The molecule has 46 heavy (non-hydrogen) atoms. The van der Waals surface area contributed by atoms with Crippen LogP contribution < -0.4 is 20.5 Å². The van der Waals surface area contributed by atoms with Crippen molar-refractivity contribution in [1.29, 1.82) is 0 Å². The van der Waals surface area contributed by atoms with Crippen molar-refractivity contribution in [3.63, 3.8) is 0 Å². The van der Waals surface area contributed by atoms with E-state index in [0.717, 1.165) is 42.2 Å². The number of anilines is 2. The van der Waals surface area contributed by atoms with E-state index < -0.39 is 0 Å². The van der Waals surface area contributed by atoms with Crippen molar-refractivity contribution >= 4 is 51.0 Å². The van der Waals surface area contributed by atoms with Crippen LogP contribution in [0.4, 0.5) is 11.5 Å². The highest BCUT2D eigenvalue weighted by Crippen LogP contribution is 2.27. The van der Waals surface area contributed by atoms with Crippen molar-refractivity contribution in [2.75, 3.05) is 76.3 Å². The lowest BCUT2D eigenvalue weighted by Crippen LogP contribution is -2.49. The molecule has 2 aliphatic heterocycles. The van der Waals surface area contributed by atoms with Crippen LogP contribution in [0.3, 0.4) is 0 Å². The Balaban J connectivity index is 1.20. The Morgan fingerprint density at radius 2 is 1.63 bits per heavy atom. The number of piperazine rings is 1. The van der Waals surface area contributed by atoms with Gasteiger partial charge in [-0.05, 0) is 68.4 Å². The van der Waals surface area contributed by atoms with Crippen LogP contribution >= 0.6 is 0 Å². The molecule has 2 fully saturated rings. The van der Waals surface area contributed by atoms with Crippen molar-refractivity contribution < 1.29 is 9.59 Å². The van der Waals surface area contributed by atoms with E-state index in [2.05, 4.69) is 15.1 Å². The quantitative estimate of drug-likeness (QED) is 0.299. The third-order valence-corrected chi connectivity index (χ3v) is 9.42. The average Bonchev–Trinajstić information content (AvgIpc) is 3.71. The van der Waals surface area contributed by atoms with Crippen LogP contribution in [0.1, 0.15) is 33.6 Å². The summed E-state index contributed by atoms with van der Waals surface area (Å²) >= 11 is 0. The standard InChI is InChI=1S/C35H40N8O3/c1-38(2)25-10-8-9-24(23-25)35(46)42-21-19-41(20-22-42)29-14-13-26-31(44)30(33(45)36-15-18-40-16-6-7-17-40)34-39(3)27-11-4-5-12-28(27)43(34)32(26)37-29/h4-5,8-14,23H,6-7,15-22H2,1-3H3,(H,36,45). The van der Waals surface area contributed by atoms with E-state index >= 15 is 0 Å². The minimum atomic E-state index is -0.365. The maximum absolute atomic E-state index is 14.0. The first kappa shape index (κ1) is 29.8. The third-order valence-electron chi connectivity index (χ3n) is 9.42. The molecule has 238 valence electrons. The van der Waals surface area contributed by atoms with Crippen molar-refractivity contribution in [3.05, 3.63) is 82.0 Å². The van der Waals surface area contributed by atoms with Gasteiger partial charge < -0.3 is 29.5 Å². The lowest BCUT2D eigenvalue weighted by molar-refractivity contribution is 0.0746. The Kier molecular flexibility index (Phi) is 7.85. The van der Waals surface area contributed by atoms with Crippen LogP contribution in [-0.2, 0) is 7.05 Å². The van der Waals surface area contributed by atoms with Gasteiger partial charge in [-0.15, -0.1) is 0 Å². The second-order valence-electron chi connectivity index (χ2n) is 12.5. The van der Waals surface area contributed by atoms with Gasteiger partial charge in [0.15, 0.2) is 5.65 Å². The van der Waals surface area contributed by atoms with E-state index in [1.165, 1.54) is 12.8 Å². The minimum Gasteiger partial charge on any atom is -0.378 e. The van der Waals surface area contributed by atoms with Gasteiger partial charge in [-0.3, -0.25) is 18.8 Å². The fraction of sp³-hybridized carbons (Fsp3) is 0.371. The summed E-state index contributed by atoms with van der Waals surface area (Å²) in [6.45, 7) is 5.70. The Hall–Kier alpha value is -4.90. The first-order valence-electron chi connectivity index (χ1n) is 16.1. The summed E-state index contributed by atoms with van der Waals surface area (Å²) in [6.07, 6.45) is 2.37. The lowest BCUT2D eigenvalue weighted by atomic mass is 10.1. The normalized spacial score (nSPS) is 15.7. The fourth-order valence-corrected chi connectivity index (χ4v) is 6.87. The number of imidazole rings is 1. The van der Waals surface area contributed by atoms with E-state index in [4.69, 9.17) is 4.98 Å². The molecule has 0 bridgehead atoms. The fourth-order valence-electron chi connectivity index (χ4n) is 6.87. The first-order valence-corrected chi connectivity index (χ1v) is 16.1. The number of para-hydroxylation sites is 2. The number of carbonyl (C=O) groups is 2. The van der Waals surface area contributed by atoms with Crippen LogP contribution in [-0.4, -0.2) is 102 Å². The number of hydrogen-bond donors (Lipinski definition) is 1. The zero-order valence-electron chi connectivity index (χ0n) is 26.7. The van der Waals surface area contributed by atoms with Crippen LogP contribution in [0.15, 0.2) is 65.5 Å². The molecule has 11 heteroatoms. The van der Waals surface area contributed by atoms with Gasteiger partial charge in [0.2, 0.25) is 5.43 Å². The summed E-state index contributed by atoms with van der Waals surface area (Å²) in [5, 5.41) is 3.42. The molecule has 0 atom stereocenters. The average molecular weight is 621 g/mol. The number of nitrogens with zero attached hydrogens (tertiary/aromatic N) is 7. The molecule has 11 nitrogen and oxygen atoms in total. The summed E-state index contributed by atoms with van der Waals surface area (Å²) in [6, 6.07) is 19.2. The molecule has 2 aromatic carbocycles. The van der Waals surface area contributed by atoms with Gasteiger partial charge in [0, 0.05) is 71.7 Å². The molecule has 3 aromatic heterocycles. The van der Waals surface area contributed by atoms with Crippen molar-refractivity contribution in [1.82, 2.24) is 29.1 Å². The Morgan fingerprint density at radius 3 is 2.37 bits per heavy atom. The predicted octanol–water partition coefficient (Wildman–Crippen LogP) is 3.19. The number of benzene rings is 2. The van der Waals surface area contributed by atoms with Gasteiger partial charge in [-0.25, -0.2) is 4.98 Å². The number of amides is 2. The summed E-state index contributed by atoms with van der Waals surface area (Å²) in [7, 11) is 5.81. The second kappa shape index (κ2) is 12.1. The number of pyridine rings is 2. The number of fused-ring (bicyclic) bond motifs is 5. The number of hydrogen-bond acceptors (Lipinski definition) is 7. The molecule has 5 heterocycles. The third kappa shape index (κ3) is 5.24. The van der Waals surface area contributed by atoms with Crippen LogP contribution in [0.25, 0.3) is 27.7 Å². The minimum absolute atomic E-state index is 0.0186. The summed E-state index contributed by atoms with van der Waals surface area (Å²) < 4.78 is 3.86. The van der Waals surface area contributed by atoms with E-state index in [9.17, 15) is 14.4 Å². The molecule has 5 aromatic rings. The van der Waals surface area contributed by atoms with Crippen molar-refractivity contribution in [2.45, 2.75) is 12.8 Å². The largest absolute Gasteiger partial charge is 0.378 e. The number of nitrogens with one attached hydrogen (secondary N) is 1. The highest BCUT2D eigenvalue weighted by molar-refractivity contribution is 6.06. The highest BCUT2D eigenvalue weighted by atomic mass is 16.2. The molecule has 0 saturated carbocycles.